The molecular formula is C15H21NO3. The normalized spacial score (nSPS) is 16.1. The van der Waals surface area contributed by atoms with Crippen LogP contribution >= 0.6 is 0 Å². The minimum absolute atomic E-state index is 0.257. The molecule has 1 aliphatic carbocycles. The summed E-state index contributed by atoms with van der Waals surface area (Å²) in [5.74, 6) is 0.605. The Bertz CT molecular complexity index is 429. The molecule has 2 N–H and O–H groups in total. The molecule has 1 aromatic rings. The minimum atomic E-state index is -0.929. The standard InChI is InChI=1S/C15H21NO3/c1-11(9-12-5-6-12)16-7-8-19-14-4-2-3-13(10-14)15(17)18/h2-4,10-12,16H,5-9H2,1H3,(H,17,18). The van der Waals surface area contributed by atoms with E-state index in [0.29, 0.717) is 18.4 Å². The second-order valence-corrected chi connectivity index (χ2v) is 5.22. The highest BCUT2D eigenvalue weighted by molar-refractivity contribution is 5.87. The van der Waals surface area contributed by atoms with Crippen LogP contribution < -0.4 is 10.1 Å². The average Bonchev–Trinajstić information content (AvgIpc) is 3.19. The molecule has 0 heterocycles. The number of rotatable bonds is 8. The molecule has 4 heteroatoms. The lowest BCUT2D eigenvalue weighted by Gasteiger charge is -2.13. The van der Waals surface area contributed by atoms with Gasteiger partial charge in [0.05, 0.1) is 5.56 Å². The maximum absolute atomic E-state index is 10.8. The molecule has 0 bridgehead atoms. The molecule has 0 radical (unpaired) electrons. The third-order valence-corrected chi connectivity index (χ3v) is 3.33. The molecule has 0 aliphatic heterocycles. The third-order valence-electron chi connectivity index (χ3n) is 3.33. The van der Waals surface area contributed by atoms with E-state index in [-0.39, 0.29) is 5.56 Å². The van der Waals surface area contributed by atoms with E-state index in [0.717, 1.165) is 12.5 Å². The maximum atomic E-state index is 10.8. The van der Waals surface area contributed by atoms with Crippen LogP contribution in [0, 0.1) is 5.92 Å². The fourth-order valence-electron chi connectivity index (χ4n) is 2.13. The van der Waals surface area contributed by atoms with Gasteiger partial charge in [0.2, 0.25) is 0 Å². The first-order valence-corrected chi connectivity index (χ1v) is 6.84. The number of nitrogens with one attached hydrogen (secondary N) is 1. The van der Waals surface area contributed by atoms with Crippen LogP contribution in [0.3, 0.4) is 0 Å². The Hall–Kier alpha value is -1.55. The Morgan fingerprint density at radius 1 is 1.53 bits per heavy atom. The molecule has 0 spiro atoms. The molecule has 1 fully saturated rings. The summed E-state index contributed by atoms with van der Waals surface area (Å²) in [7, 11) is 0. The molecule has 0 aromatic heterocycles. The lowest BCUT2D eigenvalue weighted by atomic mass is 10.1. The van der Waals surface area contributed by atoms with Crippen molar-refractivity contribution in [1.29, 1.82) is 0 Å². The number of ether oxygens (including phenoxy) is 1. The van der Waals surface area contributed by atoms with E-state index in [1.165, 1.54) is 19.3 Å². The van der Waals surface area contributed by atoms with Gasteiger partial charge in [-0.25, -0.2) is 4.79 Å². The monoisotopic (exact) mass is 263 g/mol. The molecule has 19 heavy (non-hydrogen) atoms. The summed E-state index contributed by atoms with van der Waals surface area (Å²) < 4.78 is 5.54. The van der Waals surface area contributed by atoms with Crippen molar-refractivity contribution in [2.75, 3.05) is 13.2 Å². The van der Waals surface area contributed by atoms with Gasteiger partial charge < -0.3 is 15.2 Å². The highest BCUT2D eigenvalue weighted by atomic mass is 16.5. The second kappa shape index (κ2) is 6.57. The van der Waals surface area contributed by atoms with Crippen LogP contribution in [0.5, 0.6) is 5.75 Å². The van der Waals surface area contributed by atoms with Crippen molar-refractivity contribution in [3.63, 3.8) is 0 Å². The number of aromatic carboxylic acids is 1. The first-order chi connectivity index (χ1) is 9.15. The second-order valence-electron chi connectivity index (χ2n) is 5.22. The molecule has 1 saturated carbocycles. The van der Waals surface area contributed by atoms with Crippen molar-refractivity contribution in [3.05, 3.63) is 29.8 Å². The third kappa shape index (κ3) is 4.91. The molecule has 104 valence electrons. The first kappa shape index (κ1) is 13.9. The van der Waals surface area contributed by atoms with Crippen molar-refractivity contribution < 1.29 is 14.6 Å². The van der Waals surface area contributed by atoms with Crippen LogP contribution in [0.4, 0.5) is 0 Å². The number of benzene rings is 1. The number of hydrogen-bond acceptors (Lipinski definition) is 3. The maximum Gasteiger partial charge on any atom is 0.335 e. The fourth-order valence-corrected chi connectivity index (χ4v) is 2.13. The molecule has 1 unspecified atom stereocenters. The van der Waals surface area contributed by atoms with Crippen LogP contribution in [0.2, 0.25) is 0 Å². The van der Waals surface area contributed by atoms with E-state index in [1.807, 2.05) is 0 Å². The van der Waals surface area contributed by atoms with Gasteiger partial charge in [0, 0.05) is 12.6 Å². The summed E-state index contributed by atoms with van der Waals surface area (Å²) in [5, 5.41) is 12.3. The lowest BCUT2D eigenvalue weighted by molar-refractivity contribution is 0.0696. The highest BCUT2D eigenvalue weighted by Gasteiger charge is 2.23. The Morgan fingerprint density at radius 2 is 2.32 bits per heavy atom. The molecule has 0 amide bonds. The lowest BCUT2D eigenvalue weighted by Crippen LogP contribution is -2.30. The van der Waals surface area contributed by atoms with Gasteiger partial charge in [-0.15, -0.1) is 0 Å². The molecular weight excluding hydrogens is 242 g/mol. The SMILES string of the molecule is CC(CC1CC1)NCCOc1cccc(C(=O)O)c1. The minimum Gasteiger partial charge on any atom is -0.492 e. The Morgan fingerprint density at radius 3 is 3.00 bits per heavy atom. The number of carbonyl (C=O) groups is 1. The van der Waals surface area contributed by atoms with Gasteiger partial charge in [-0.1, -0.05) is 18.9 Å². The topological polar surface area (TPSA) is 58.6 Å². The molecule has 0 saturated heterocycles. The van der Waals surface area contributed by atoms with Crippen LogP contribution in [0.1, 0.15) is 36.5 Å². The van der Waals surface area contributed by atoms with Gasteiger partial charge in [0.15, 0.2) is 0 Å². The predicted molar refractivity (Wildman–Crippen MR) is 73.7 cm³/mol. The van der Waals surface area contributed by atoms with Gasteiger partial charge in [-0.2, -0.15) is 0 Å². The van der Waals surface area contributed by atoms with Crippen LogP contribution in [-0.4, -0.2) is 30.3 Å². The fraction of sp³-hybridized carbons (Fsp3) is 0.533. The summed E-state index contributed by atoms with van der Waals surface area (Å²) in [6.45, 7) is 3.53. The van der Waals surface area contributed by atoms with Crippen LogP contribution in [0.25, 0.3) is 0 Å². The smallest absolute Gasteiger partial charge is 0.335 e. The van der Waals surface area contributed by atoms with E-state index < -0.39 is 5.97 Å². The van der Waals surface area contributed by atoms with Crippen molar-refractivity contribution in [3.8, 4) is 5.75 Å². The van der Waals surface area contributed by atoms with E-state index in [9.17, 15) is 4.79 Å². The van der Waals surface area contributed by atoms with Gasteiger partial charge in [-0.3, -0.25) is 0 Å². The molecule has 1 aliphatic rings. The Kier molecular flexibility index (Phi) is 4.80. The van der Waals surface area contributed by atoms with E-state index in [4.69, 9.17) is 9.84 Å². The van der Waals surface area contributed by atoms with Gasteiger partial charge in [-0.05, 0) is 37.5 Å². The van der Waals surface area contributed by atoms with Crippen molar-refractivity contribution in [1.82, 2.24) is 5.32 Å². The van der Waals surface area contributed by atoms with Gasteiger partial charge in [0.1, 0.15) is 12.4 Å². The summed E-state index contributed by atoms with van der Waals surface area (Å²) in [6.07, 6.45) is 4.00. The number of hydrogen-bond donors (Lipinski definition) is 2. The summed E-state index contributed by atoms with van der Waals surface area (Å²) in [5.41, 5.74) is 0.257. The predicted octanol–water partition coefficient (Wildman–Crippen LogP) is 2.54. The molecule has 1 atom stereocenters. The zero-order valence-electron chi connectivity index (χ0n) is 11.3. The molecule has 1 aromatic carbocycles. The summed E-state index contributed by atoms with van der Waals surface area (Å²) in [4.78, 5) is 10.8. The van der Waals surface area contributed by atoms with Gasteiger partial charge >= 0.3 is 5.97 Å². The molecule has 2 rings (SSSR count). The van der Waals surface area contributed by atoms with Gasteiger partial charge in [0.25, 0.3) is 0 Å². The average molecular weight is 263 g/mol. The van der Waals surface area contributed by atoms with Crippen LogP contribution in [-0.2, 0) is 0 Å². The Balaban J connectivity index is 1.67. The number of carboxylic acid groups (broad SMARTS) is 1. The highest BCUT2D eigenvalue weighted by Crippen LogP contribution is 2.33. The Labute approximate surface area is 113 Å². The molecule has 4 nitrogen and oxygen atoms in total. The first-order valence-electron chi connectivity index (χ1n) is 6.84. The van der Waals surface area contributed by atoms with E-state index in [1.54, 1.807) is 24.3 Å². The van der Waals surface area contributed by atoms with Crippen LogP contribution in [0.15, 0.2) is 24.3 Å². The van der Waals surface area contributed by atoms with E-state index >= 15 is 0 Å². The number of carboxylic acids is 1. The van der Waals surface area contributed by atoms with Crippen molar-refractivity contribution in [2.24, 2.45) is 5.92 Å². The summed E-state index contributed by atoms with van der Waals surface area (Å²) in [6, 6.07) is 7.12. The van der Waals surface area contributed by atoms with E-state index in [2.05, 4.69) is 12.2 Å². The zero-order chi connectivity index (χ0) is 13.7. The zero-order valence-corrected chi connectivity index (χ0v) is 11.3. The largest absolute Gasteiger partial charge is 0.492 e. The van der Waals surface area contributed by atoms with Crippen molar-refractivity contribution >= 4 is 5.97 Å². The summed E-state index contributed by atoms with van der Waals surface area (Å²) >= 11 is 0. The van der Waals surface area contributed by atoms with Crippen molar-refractivity contribution in [2.45, 2.75) is 32.2 Å². The quantitative estimate of drug-likeness (QED) is 0.708.